The molecule has 1 rings (SSSR count). The van der Waals surface area contributed by atoms with Gasteiger partial charge in [0.25, 0.3) is 0 Å². The minimum absolute atomic E-state index is 0.0523. The van der Waals surface area contributed by atoms with Gasteiger partial charge in [0.2, 0.25) is 15.9 Å². The Labute approximate surface area is 129 Å². The molecular formula is C13H19ClN2O4S. The van der Waals surface area contributed by atoms with E-state index < -0.39 is 22.0 Å². The summed E-state index contributed by atoms with van der Waals surface area (Å²) in [5, 5.41) is 3.09. The van der Waals surface area contributed by atoms with Crippen molar-refractivity contribution in [3.8, 4) is 0 Å². The lowest BCUT2D eigenvalue weighted by Crippen LogP contribution is -2.48. The average Bonchev–Trinajstić information content (AvgIpc) is 2.38. The molecule has 0 aromatic heterocycles. The van der Waals surface area contributed by atoms with E-state index in [0.717, 1.165) is 0 Å². The molecule has 0 aliphatic carbocycles. The Morgan fingerprint density at radius 1 is 1.29 bits per heavy atom. The molecule has 0 saturated heterocycles. The van der Waals surface area contributed by atoms with Gasteiger partial charge in [-0.2, -0.15) is 4.72 Å². The van der Waals surface area contributed by atoms with Gasteiger partial charge in [-0.05, 0) is 38.1 Å². The number of amides is 1. The zero-order valence-electron chi connectivity index (χ0n) is 12.1. The number of hydrogen-bond donors (Lipinski definition) is 2. The lowest BCUT2D eigenvalue weighted by Gasteiger charge is -2.18. The van der Waals surface area contributed by atoms with Gasteiger partial charge in [-0.15, -0.1) is 0 Å². The van der Waals surface area contributed by atoms with E-state index in [-0.39, 0.29) is 10.9 Å². The van der Waals surface area contributed by atoms with Crippen LogP contribution in [0.5, 0.6) is 0 Å². The van der Waals surface area contributed by atoms with Crippen LogP contribution < -0.4 is 10.0 Å². The Kier molecular flexibility index (Phi) is 6.60. The number of nitrogens with one attached hydrogen (secondary N) is 2. The third kappa shape index (κ3) is 5.62. The standard InChI is InChI=1S/C13H19ClN2O4S/c1-9(8-20-3)15-13(17)10(2)16-21(18,19)12-6-4-11(14)5-7-12/h4-7,9-10,16H,8H2,1-3H3,(H,15,17)/t9-,10-/m0/s1. The zero-order chi connectivity index (χ0) is 16.0. The number of carbonyl (C=O) groups excluding carboxylic acids is 1. The molecule has 1 aromatic rings. The fourth-order valence-electron chi connectivity index (χ4n) is 1.63. The number of hydrogen-bond acceptors (Lipinski definition) is 4. The summed E-state index contributed by atoms with van der Waals surface area (Å²) in [6.45, 7) is 3.59. The first kappa shape index (κ1) is 17.9. The second kappa shape index (κ2) is 7.74. The molecule has 0 aliphatic heterocycles. The number of methoxy groups -OCH3 is 1. The summed E-state index contributed by atoms with van der Waals surface area (Å²) in [6.07, 6.45) is 0. The van der Waals surface area contributed by atoms with Gasteiger partial charge in [-0.25, -0.2) is 8.42 Å². The van der Waals surface area contributed by atoms with Crippen LogP contribution in [-0.4, -0.2) is 40.1 Å². The van der Waals surface area contributed by atoms with E-state index in [2.05, 4.69) is 10.0 Å². The van der Waals surface area contributed by atoms with Gasteiger partial charge in [0.15, 0.2) is 0 Å². The van der Waals surface area contributed by atoms with Gasteiger partial charge < -0.3 is 10.1 Å². The number of halogens is 1. The van der Waals surface area contributed by atoms with Crippen LogP contribution in [-0.2, 0) is 19.6 Å². The smallest absolute Gasteiger partial charge is 0.241 e. The van der Waals surface area contributed by atoms with Crippen LogP contribution in [0.3, 0.4) is 0 Å². The van der Waals surface area contributed by atoms with Crippen LogP contribution >= 0.6 is 11.6 Å². The Hall–Kier alpha value is -1.15. The Morgan fingerprint density at radius 3 is 2.38 bits per heavy atom. The third-order valence-corrected chi connectivity index (χ3v) is 4.46. The van der Waals surface area contributed by atoms with Crippen molar-refractivity contribution in [3.05, 3.63) is 29.3 Å². The van der Waals surface area contributed by atoms with E-state index in [4.69, 9.17) is 16.3 Å². The topological polar surface area (TPSA) is 84.5 Å². The van der Waals surface area contributed by atoms with Crippen LogP contribution in [0.1, 0.15) is 13.8 Å². The molecular weight excluding hydrogens is 316 g/mol. The summed E-state index contributed by atoms with van der Waals surface area (Å²) in [7, 11) is -2.25. The van der Waals surface area contributed by atoms with Crippen LogP contribution in [0.25, 0.3) is 0 Å². The van der Waals surface area contributed by atoms with Crippen LogP contribution in [0.4, 0.5) is 0 Å². The van der Waals surface area contributed by atoms with Gasteiger partial charge in [-0.1, -0.05) is 11.6 Å². The van der Waals surface area contributed by atoms with Crippen LogP contribution in [0.2, 0.25) is 5.02 Å². The lowest BCUT2D eigenvalue weighted by molar-refractivity contribution is -0.123. The Morgan fingerprint density at radius 2 is 1.86 bits per heavy atom. The minimum Gasteiger partial charge on any atom is -0.383 e. The van der Waals surface area contributed by atoms with Crippen molar-refractivity contribution in [2.75, 3.05) is 13.7 Å². The third-order valence-electron chi connectivity index (χ3n) is 2.65. The number of sulfonamides is 1. The van der Waals surface area contributed by atoms with Crippen molar-refractivity contribution >= 4 is 27.5 Å². The molecule has 0 spiro atoms. The van der Waals surface area contributed by atoms with Crippen molar-refractivity contribution in [2.24, 2.45) is 0 Å². The average molecular weight is 335 g/mol. The van der Waals surface area contributed by atoms with E-state index >= 15 is 0 Å². The molecule has 6 nitrogen and oxygen atoms in total. The highest BCUT2D eigenvalue weighted by Crippen LogP contribution is 2.14. The highest BCUT2D eigenvalue weighted by molar-refractivity contribution is 7.89. The molecule has 1 aromatic carbocycles. The molecule has 1 amide bonds. The molecule has 8 heteroatoms. The van der Waals surface area contributed by atoms with E-state index in [0.29, 0.717) is 11.6 Å². The molecule has 0 bridgehead atoms. The second-order valence-electron chi connectivity index (χ2n) is 4.66. The predicted octanol–water partition coefficient (Wildman–Crippen LogP) is 1.16. The van der Waals surface area contributed by atoms with Crippen molar-refractivity contribution in [3.63, 3.8) is 0 Å². The molecule has 0 aliphatic rings. The predicted molar refractivity (Wildman–Crippen MR) is 80.7 cm³/mol. The SMILES string of the molecule is COC[C@H](C)NC(=O)[C@H](C)NS(=O)(=O)c1ccc(Cl)cc1. The summed E-state index contributed by atoms with van der Waals surface area (Å²) in [6, 6.07) is 4.60. The summed E-state index contributed by atoms with van der Waals surface area (Å²) in [4.78, 5) is 11.9. The molecule has 2 N–H and O–H groups in total. The van der Waals surface area contributed by atoms with Crippen LogP contribution in [0.15, 0.2) is 29.2 Å². The maximum atomic E-state index is 12.1. The highest BCUT2D eigenvalue weighted by Gasteiger charge is 2.22. The van der Waals surface area contributed by atoms with Gasteiger partial charge in [-0.3, -0.25) is 4.79 Å². The Bertz CT molecular complexity index is 574. The molecule has 0 radical (unpaired) electrons. The number of benzene rings is 1. The molecule has 0 unspecified atom stereocenters. The van der Waals surface area contributed by atoms with Gasteiger partial charge in [0.05, 0.1) is 17.5 Å². The van der Waals surface area contributed by atoms with E-state index in [1.54, 1.807) is 6.92 Å². The normalized spacial score (nSPS) is 14.5. The molecule has 0 saturated carbocycles. The fraction of sp³-hybridized carbons (Fsp3) is 0.462. The van der Waals surface area contributed by atoms with E-state index in [1.807, 2.05) is 0 Å². The largest absolute Gasteiger partial charge is 0.383 e. The van der Waals surface area contributed by atoms with Crippen molar-refractivity contribution < 1.29 is 17.9 Å². The fourth-order valence-corrected chi connectivity index (χ4v) is 2.96. The maximum absolute atomic E-state index is 12.1. The summed E-state index contributed by atoms with van der Waals surface area (Å²) in [5.74, 6) is -0.419. The summed E-state index contributed by atoms with van der Waals surface area (Å²) < 4.78 is 31.4. The zero-order valence-corrected chi connectivity index (χ0v) is 13.7. The van der Waals surface area contributed by atoms with Crippen molar-refractivity contribution in [1.82, 2.24) is 10.0 Å². The Balaban J connectivity index is 2.70. The first-order chi connectivity index (χ1) is 9.76. The molecule has 0 fully saturated rings. The number of carbonyl (C=O) groups is 1. The first-order valence-corrected chi connectivity index (χ1v) is 8.19. The van der Waals surface area contributed by atoms with Gasteiger partial charge in [0, 0.05) is 18.2 Å². The lowest BCUT2D eigenvalue weighted by atomic mass is 10.3. The monoisotopic (exact) mass is 334 g/mol. The molecule has 21 heavy (non-hydrogen) atoms. The van der Waals surface area contributed by atoms with E-state index in [1.165, 1.54) is 38.3 Å². The maximum Gasteiger partial charge on any atom is 0.241 e. The van der Waals surface area contributed by atoms with Crippen molar-refractivity contribution in [2.45, 2.75) is 30.8 Å². The van der Waals surface area contributed by atoms with Gasteiger partial charge in [0.1, 0.15) is 0 Å². The van der Waals surface area contributed by atoms with E-state index in [9.17, 15) is 13.2 Å². The summed E-state index contributed by atoms with van der Waals surface area (Å²) in [5.41, 5.74) is 0. The quantitative estimate of drug-likeness (QED) is 0.783. The van der Waals surface area contributed by atoms with Crippen molar-refractivity contribution in [1.29, 1.82) is 0 Å². The number of ether oxygens (including phenoxy) is 1. The number of rotatable bonds is 7. The molecule has 2 atom stereocenters. The highest BCUT2D eigenvalue weighted by atomic mass is 35.5. The second-order valence-corrected chi connectivity index (χ2v) is 6.81. The first-order valence-electron chi connectivity index (χ1n) is 6.33. The minimum atomic E-state index is -3.77. The van der Waals surface area contributed by atoms with Crippen LogP contribution in [0, 0.1) is 0 Å². The molecule has 118 valence electrons. The molecule has 0 heterocycles. The summed E-state index contributed by atoms with van der Waals surface area (Å²) >= 11 is 5.71. The van der Waals surface area contributed by atoms with Gasteiger partial charge >= 0.3 is 0 Å².